The van der Waals surface area contributed by atoms with Crippen LogP contribution in [-0.4, -0.2) is 31.9 Å². The number of ether oxygens (including phenoxy) is 1. The van der Waals surface area contributed by atoms with Gasteiger partial charge < -0.3 is 9.84 Å². The average molecular weight is 239 g/mol. The van der Waals surface area contributed by atoms with Crippen LogP contribution in [0.1, 0.15) is 43.9 Å². The highest BCUT2D eigenvalue weighted by Gasteiger charge is 2.33. The summed E-state index contributed by atoms with van der Waals surface area (Å²) in [5, 5.41) is 13.2. The van der Waals surface area contributed by atoms with E-state index >= 15 is 0 Å². The van der Waals surface area contributed by atoms with Gasteiger partial charge in [0.05, 0.1) is 0 Å². The second-order valence-corrected chi connectivity index (χ2v) is 4.29. The lowest BCUT2D eigenvalue weighted by Crippen LogP contribution is -2.19. The molecule has 2 unspecified atom stereocenters. The lowest BCUT2D eigenvalue weighted by atomic mass is 10.2. The third kappa shape index (κ3) is 2.46. The molecule has 1 aromatic rings. The maximum atomic E-state index is 10.8. The summed E-state index contributed by atoms with van der Waals surface area (Å²) in [5.41, 5.74) is 0. The van der Waals surface area contributed by atoms with Crippen molar-refractivity contribution in [1.29, 1.82) is 0 Å². The van der Waals surface area contributed by atoms with Gasteiger partial charge in [-0.05, 0) is 19.3 Å². The van der Waals surface area contributed by atoms with E-state index in [0.717, 1.165) is 24.5 Å². The number of rotatable bonds is 4. The van der Waals surface area contributed by atoms with Gasteiger partial charge in [-0.3, -0.25) is 4.68 Å². The number of aromatic nitrogens is 3. The molecular formula is C11H17N3O3. The number of nitrogens with zero attached hydrogens (tertiary/aromatic N) is 3. The molecule has 94 valence electrons. The van der Waals surface area contributed by atoms with Crippen LogP contribution in [0.5, 0.6) is 0 Å². The molecule has 0 aromatic carbocycles. The minimum atomic E-state index is -0.900. The average Bonchev–Trinajstić information content (AvgIpc) is 2.85. The van der Waals surface area contributed by atoms with E-state index < -0.39 is 12.1 Å². The summed E-state index contributed by atoms with van der Waals surface area (Å²) < 4.78 is 7.15. The summed E-state index contributed by atoms with van der Waals surface area (Å²) in [6, 6.07) is 0. The van der Waals surface area contributed by atoms with Crippen molar-refractivity contribution in [3.8, 4) is 0 Å². The van der Waals surface area contributed by atoms with E-state index in [1.165, 1.54) is 0 Å². The zero-order valence-electron chi connectivity index (χ0n) is 10.1. The number of carboxylic acid groups (broad SMARTS) is 1. The van der Waals surface area contributed by atoms with Crippen LogP contribution in [-0.2, 0) is 23.0 Å². The molecule has 6 nitrogen and oxygen atoms in total. The molecule has 0 bridgehead atoms. The Morgan fingerprint density at radius 1 is 1.59 bits per heavy atom. The van der Waals surface area contributed by atoms with Crippen molar-refractivity contribution in [1.82, 2.24) is 14.8 Å². The Balaban J connectivity index is 2.10. The quantitative estimate of drug-likeness (QED) is 0.850. The smallest absolute Gasteiger partial charge is 0.332 e. The second-order valence-electron chi connectivity index (χ2n) is 4.29. The molecule has 1 N–H and O–H groups in total. The van der Waals surface area contributed by atoms with Crippen LogP contribution in [0.4, 0.5) is 0 Å². The van der Waals surface area contributed by atoms with Crippen molar-refractivity contribution < 1.29 is 14.6 Å². The van der Waals surface area contributed by atoms with Gasteiger partial charge in [-0.1, -0.05) is 6.92 Å². The molecule has 1 saturated heterocycles. The molecule has 2 heterocycles. The number of carboxylic acids is 1. The van der Waals surface area contributed by atoms with Crippen LogP contribution in [0, 0.1) is 0 Å². The van der Waals surface area contributed by atoms with Gasteiger partial charge in [-0.15, -0.1) is 0 Å². The van der Waals surface area contributed by atoms with Crippen LogP contribution in [0.3, 0.4) is 0 Å². The fourth-order valence-corrected chi connectivity index (χ4v) is 2.07. The molecule has 1 aromatic heterocycles. The summed E-state index contributed by atoms with van der Waals surface area (Å²) in [7, 11) is 1.82. The van der Waals surface area contributed by atoms with Gasteiger partial charge >= 0.3 is 5.97 Å². The predicted octanol–water partition coefficient (Wildman–Crippen LogP) is 1.07. The van der Waals surface area contributed by atoms with E-state index in [2.05, 4.69) is 17.0 Å². The Kier molecular flexibility index (Phi) is 3.42. The number of aryl methyl sites for hydroxylation is 2. The molecule has 1 aliphatic rings. The topological polar surface area (TPSA) is 77.2 Å². The van der Waals surface area contributed by atoms with Gasteiger partial charge in [0, 0.05) is 13.5 Å². The monoisotopic (exact) mass is 239 g/mol. The van der Waals surface area contributed by atoms with Crippen LogP contribution in [0.25, 0.3) is 0 Å². The van der Waals surface area contributed by atoms with Gasteiger partial charge in [0.25, 0.3) is 0 Å². The van der Waals surface area contributed by atoms with Gasteiger partial charge in [0.2, 0.25) is 0 Å². The maximum absolute atomic E-state index is 10.8. The first-order valence-electron chi connectivity index (χ1n) is 5.90. The molecule has 2 atom stereocenters. The third-order valence-electron chi connectivity index (χ3n) is 2.90. The van der Waals surface area contributed by atoms with Crippen LogP contribution >= 0.6 is 0 Å². The molecule has 0 saturated carbocycles. The van der Waals surface area contributed by atoms with Crippen molar-refractivity contribution in [2.24, 2.45) is 7.05 Å². The van der Waals surface area contributed by atoms with E-state index in [9.17, 15) is 4.79 Å². The molecule has 1 fully saturated rings. The minimum Gasteiger partial charge on any atom is -0.479 e. The summed E-state index contributed by atoms with van der Waals surface area (Å²) in [5.74, 6) is 0.632. The molecule has 0 aliphatic carbocycles. The van der Waals surface area contributed by atoms with E-state index in [4.69, 9.17) is 9.84 Å². The normalized spacial score (nSPS) is 24.1. The molecule has 0 amide bonds. The summed E-state index contributed by atoms with van der Waals surface area (Å²) in [6.45, 7) is 2.07. The molecule has 0 spiro atoms. The lowest BCUT2D eigenvalue weighted by molar-refractivity contribution is -0.149. The summed E-state index contributed by atoms with van der Waals surface area (Å²) in [6.07, 6.45) is 2.12. The van der Waals surface area contributed by atoms with E-state index in [1.807, 2.05) is 7.05 Å². The first-order valence-corrected chi connectivity index (χ1v) is 5.90. The third-order valence-corrected chi connectivity index (χ3v) is 2.90. The fourth-order valence-electron chi connectivity index (χ4n) is 2.07. The Morgan fingerprint density at radius 2 is 2.35 bits per heavy atom. The Hall–Kier alpha value is -1.43. The molecule has 0 radical (unpaired) electrons. The summed E-state index contributed by atoms with van der Waals surface area (Å²) >= 11 is 0. The van der Waals surface area contributed by atoms with Gasteiger partial charge in [-0.2, -0.15) is 5.10 Å². The fraction of sp³-hybridized carbons (Fsp3) is 0.727. The lowest BCUT2D eigenvalue weighted by Gasteiger charge is -2.09. The largest absolute Gasteiger partial charge is 0.479 e. The summed E-state index contributed by atoms with van der Waals surface area (Å²) in [4.78, 5) is 15.2. The SMILES string of the molecule is CCCc1nc(C2CCC(C(=O)O)O2)n(C)n1. The molecular weight excluding hydrogens is 222 g/mol. The highest BCUT2D eigenvalue weighted by molar-refractivity contribution is 5.72. The molecule has 17 heavy (non-hydrogen) atoms. The van der Waals surface area contributed by atoms with Crippen molar-refractivity contribution in [2.45, 2.75) is 44.8 Å². The predicted molar refractivity (Wildman–Crippen MR) is 59.5 cm³/mol. The van der Waals surface area contributed by atoms with Crippen molar-refractivity contribution in [3.63, 3.8) is 0 Å². The van der Waals surface area contributed by atoms with E-state index in [0.29, 0.717) is 12.8 Å². The molecule has 2 rings (SSSR count). The van der Waals surface area contributed by atoms with Gasteiger partial charge in [0.1, 0.15) is 6.10 Å². The highest BCUT2D eigenvalue weighted by Crippen LogP contribution is 2.31. The number of hydrogen-bond donors (Lipinski definition) is 1. The Morgan fingerprint density at radius 3 is 2.94 bits per heavy atom. The first-order chi connectivity index (χ1) is 8.11. The van der Waals surface area contributed by atoms with E-state index in [1.54, 1.807) is 4.68 Å². The minimum absolute atomic E-state index is 0.237. The van der Waals surface area contributed by atoms with E-state index in [-0.39, 0.29) is 6.10 Å². The highest BCUT2D eigenvalue weighted by atomic mass is 16.5. The Labute approximate surface area is 99.6 Å². The molecule has 6 heteroatoms. The van der Waals surface area contributed by atoms with Crippen LogP contribution in [0.15, 0.2) is 0 Å². The zero-order valence-corrected chi connectivity index (χ0v) is 10.1. The maximum Gasteiger partial charge on any atom is 0.332 e. The van der Waals surface area contributed by atoms with Crippen LogP contribution < -0.4 is 0 Å². The number of carbonyl (C=O) groups is 1. The zero-order chi connectivity index (χ0) is 12.4. The Bertz CT molecular complexity index is 416. The van der Waals surface area contributed by atoms with Crippen molar-refractivity contribution >= 4 is 5.97 Å². The van der Waals surface area contributed by atoms with Crippen LogP contribution in [0.2, 0.25) is 0 Å². The second kappa shape index (κ2) is 4.83. The van der Waals surface area contributed by atoms with Crippen molar-refractivity contribution in [3.05, 3.63) is 11.6 Å². The standard InChI is InChI=1S/C11H17N3O3/c1-3-4-9-12-10(14(2)13-9)7-5-6-8(17-7)11(15)16/h7-8H,3-6H2,1-2H3,(H,15,16). The number of aliphatic carboxylic acids is 1. The van der Waals surface area contributed by atoms with Gasteiger partial charge in [0.15, 0.2) is 17.8 Å². The number of hydrogen-bond acceptors (Lipinski definition) is 4. The first kappa shape index (κ1) is 12.0. The van der Waals surface area contributed by atoms with Crippen molar-refractivity contribution in [2.75, 3.05) is 0 Å². The molecule has 1 aliphatic heterocycles. The van der Waals surface area contributed by atoms with Gasteiger partial charge in [-0.25, -0.2) is 9.78 Å².